The lowest BCUT2D eigenvalue weighted by Gasteiger charge is -2.02. The quantitative estimate of drug-likeness (QED) is 0.513. The fraction of sp³-hybridized carbons (Fsp3) is 0.267. The SMILES string of the molecule is CC(NOC(=O)/C=C/c1ccccc1)=C1OC1(C)C. The van der Waals surface area contributed by atoms with E-state index in [4.69, 9.17) is 9.57 Å². The number of carbonyl (C=O) groups is 1. The second-order valence-corrected chi connectivity index (χ2v) is 4.83. The molecule has 0 unspecified atom stereocenters. The highest BCUT2D eigenvalue weighted by molar-refractivity contribution is 5.86. The van der Waals surface area contributed by atoms with Crippen LogP contribution in [0, 0.1) is 0 Å². The molecule has 0 saturated carbocycles. The van der Waals surface area contributed by atoms with E-state index < -0.39 is 5.97 Å². The molecule has 0 radical (unpaired) electrons. The molecule has 1 aromatic rings. The molecule has 0 aromatic heterocycles. The molecule has 0 bridgehead atoms. The lowest BCUT2D eigenvalue weighted by atomic mass is 10.2. The highest BCUT2D eigenvalue weighted by Gasteiger charge is 2.45. The van der Waals surface area contributed by atoms with E-state index in [9.17, 15) is 4.79 Å². The number of rotatable bonds is 4. The molecule has 100 valence electrons. The number of carbonyl (C=O) groups excluding carboxylic acids is 1. The van der Waals surface area contributed by atoms with Crippen molar-refractivity contribution in [2.24, 2.45) is 0 Å². The number of ether oxygens (including phenoxy) is 1. The smallest absolute Gasteiger partial charge is 0.355 e. The van der Waals surface area contributed by atoms with Gasteiger partial charge in [-0.25, -0.2) is 10.3 Å². The Morgan fingerprint density at radius 1 is 1.32 bits per heavy atom. The van der Waals surface area contributed by atoms with Crippen molar-refractivity contribution in [1.29, 1.82) is 0 Å². The van der Waals surface area contributed by atoms with Crippen LogP contribution in [-0.4, -0.2) is 11.6 Å². The Morgan fingerprint density at radius 3 is 2.53 bits per heavy atom. The number of hydroxylamine groups is 1. The van der Waals surface area contributed by atoms with Gasteiger partial charge < -0.3 is 9.57 Å². The van der Waals surface area contributed by atoms with Crippen LogP contribution < -0.4 is 5.48 Å². The largest absolute Gasteiger partial charge is 0.478 e. The number of epoxide rings is 1. The first-order chi connectivity index (χ1) is 8.99. The molecule has 1 aliphatic heterocycles. The highest BCUT2D eigenvalue weighted by Crippen LogP contribution is 2.41. The summed E-state index contributed by atoms with van der Waals surface area (Å²) in [5.74, 6) is 0.356. The summed E-state index contributed by atoms with van der Waals surface area (Å²) >= 11 is 0. The van der Waals surface area contributed by atoms with E-state index in [1.165, 1.54) is 6.08 Å². The predicted octanol–water partition coefficient (Wildman–Crippen LogP) is 2.79. The monoisotopic (exact) mass is 259 g/mol. The Hall–Kier alpha value is -2.23. The predicted molar refractivity (Wildman–Crippen MR) is 72.6 cm³/mol. The van der Waals surface area contributed by atoms with Crippen molar-refractivity contribution in [3.8, 4) is 0 Å². The maximum absolute atomic E-state index is 11.5. The van der Waals surface area contributed by atoms with E-state index in [0.29, 0.717) is 5.70 Å². The van der Waals surface area contributed by atoms with Gasteiger partial charge in [-0.1, -0.05) is 30.3 Å². The lowest BCUT2D eigenvalue weighted by molar-refractivity contribution is -0.143. The van der Waals surface area contributed by atoms with Gasteiger partial charge in [-0.05, 0) is 32.4 Å². The Bertz CT molecular complexity index is 530. The third kappa shape index (κ3) is 3.61. The molecule has 0 aliphatic carbocycles. The van der Waals surface area contributed by atoms with Crippen molar-refractivity contribution in [2.45, 2.75) is 26.4 Å². The summed E-state index contributed by atoms with van der Waals surface area (Å²) in [6.07, 6.45) is 3.07. The second kappa shape index (κ2) is 5.18. The normalized spacial score (nSPS) is 18.7. The molecule has 1 aromatic carbocycles. The van der Waals surface area contributed by atoms with Gasteiger partial charge in [-0.3, -0.25) is 0 Å². The molecule has 4 nitrogen and oxygen atoms in total. The Kier molecular flexibility index (Phi) is 3.60. The third-order valence-electron chi connectivity index (χ3n) is 2.72. The van der Waals surface area contributed by atoms with E-state index in [0.717, 1.165) is 11.3 Å². The first kappa shape index (κ1) is 13.2. The first-order valence-corrected chi connectivity index (χ1v) is 6.09. The van der Waals surface area contributed by atoms with Gasteiger partial charge in [0.2, 0.25) is 0 Å². The first-order valence-electron chi connectivity index (χ1n) is 6.09. The molecule has 1 saturated heterocycles. The molecular weight excluding hydrogens is 242 g/mol. The van der Waals surface area contributed by atoms with Crippen LogP contribution in [0.5, 0.6) is 0 Å². The van der Waals surface area contributed by atoms with Crippen molar-refractivity contribution in [3.63, 3.8) is 0 Å². The van der Waals surface area contributed by atoms with Crippen molar-refractivity contribution in [1.82, 2.24) is 5.48 Å². The van der Waals surface area contributed by atoms with Gasteiger partial charge in [-0.2, -0.15) is 0 Å². The maximum atomic E-state index is 11.5. The van der Waals surface area contributed by atoms with Gasteiger partial charge in [0.25, 0.3) is 0 Å². The standard InChI is InChI=1S/C15H17NO3/c1-11(14-15(2,3)18-14)16-19-13(17)10-9-12-7-5-4-6-8-12/h4-10,16H,1-3H3/b10-9+,14-11?. The number of nitrogens with one attached hydrogen (secondary N) is 1. The van der Waals surface area contributed by atoms with Crippen LogP contribution >= 0.6 is 0 Å². The zero-order chi connectivity index (χ0) is 13.9. The maximum Gasteiger partial charge on any atom is 0.355 e. The lowest BCUT2D eigenvalue weighted by Crippen LogP contribution is -2.17. The minimum absolute atomic E-state index is 0.247. The van der Waals surface area contributed by atoms with E-state index in [2.05, 4.69) is 5.48 Å². The molecule has 1 heterocycles. The second-order valence-electron chi connectivity index (χ2n) is 4.83. The fourth-order valence-corrected chi connectivity index (χ4v) is 1.69. The van der Waals surface area contributed by atoms with Crippen molar-refractivity contribution in [3.05, 3.63) is 53.4 Å². The molecule has 1 aliphatic rings. The Labute approximate surface area is 112 Å². The summed E-state index contributed by atoms with van der Waals surface area (Å²) < 4.78 is 5.34. The summed E-state index contributed by atoms with van der Waals surface area (Å²) in [5, 5.41) is 0. The molecule has 0 amide bonds. The minimum Gasteiger partial charge on any atom is -0.478 e. The Morgan fingerprint density at radius 2 is 1.95 bits per heavy atom. The van der Waals surface area contributed by atoms with Crippen molar-refractivity contribution >= 4 is 12.0 Å². The summed E-state index contributed by atoms with van der Waals surface area (Å²) in [4.78, 5) is 16.4. The third-order valence-corrected chi connectivity index (χ3v) is 2.72. The summed E-state index contributed by atoms with van der Waals surface area (Å²) in [7, 11) is 0. The van der Waals surface area contributed by atoms with E-state index in [-0.39, 0.29) is 5.60 Å². The zero-order valence-corrected chi connectivity index (χ0v) is 11.3. The molecule has 0 atom stereocenters. The molecule has 1 fully saturated rings. The fourth-order valence-electron chi connectivity index (χ4n) is 1.69. The highest BCUT2D eigenvalue weighted by atomic mass is 16.7. The van der Waals surface area contributed by atoms with Gasteiger partial charge in [0, 0.05) is 6.08 Å². The molecule has 19 heavy (non-hydrogen) atoms. The molecule has 0 spiro atoms. The van der Waals surface area contributed by atoms with Gasteiger partial charge in [-0.15, -0.1) is 0 Å². The van der Waals surface area contributed by atoms with Gasteiger partial charge >= 0.3 is 5.97 Å². The van der Waals surface area contributed by atoms with Crippen LogP contribution in [0.15, 0.2) is 47.9 Å². The number of allylic oxidation sites excluding steroid dienone is 1. The van der Waals surface area contributed by atoms with E-state index >= 15 is 0 Å². The van der Waals surface area contributed by atoms with Crippen LogP contribution in [-0.2, 0) is 14.4 Å². The number of hydrogen-bond acceptors (Lipinski definition) is 4. The van der Waals surface area contributed by atoms with Crippen LogP contribution in [0.3, 0.4) is 0 Å². The topological polar surface area (TPSA) is 50.9 Å². The number of benzene rings is 1. The van der Waals surface area contributed by atoms with Crippen LogP contribution in [0.1, 0.15) is 26.3 Å². The van der Waals surface area contributed by atoms with Crippen LogP contribution in [0.2, 0.25) is 0 Å². The minimum atomic E-state index is -0.456. The summed E-state index contributed by atoms with van der Waals surface area (Å²) in [6.45, 7) is 5.70. The van der Waals surface area contributed by atoms with E-state index in [1.807, 2.05) is 44.2 Å². The summed E-state index contributed by atoms with van der Waals surface area (Å²) in [6, 6.07) is 9.55. The van der Waals surface area contributed by atoms with Crippen molar-refractivity contribution < 1.29 is 14.4 Å². The summed E-state index contributed by atoms with van der Waals surface area (Å²) in [5.41, 5.74) is 4.00. The average Bonchev–Trinajstić information content (AvgIpc) is 3.04. The zero-order valence-electron chi connectivity index (χ0n) is 11.3. The average molecular weight is 259 g/mol. The molecule has 4 heteroatoms. The van der Waals surface area contributed by atoms with Gasteiger partial charge in [0.15, 0.2) is 11.4 Å². The van der Waals surface area contributed by atoms with Gasteiger partial charge in [0.05, 0.1) is 5.70 Å². The van der Waals surface area contributed by atoms with Crippen molar-refractivity contribution in [2.75, 3.05) is 0 Å². The Balaban J connectivity index is 1.83. The van der Waals surface area contributed by atoms with Crippen LogP contribution in [0.25, 0.3) is 6.08 Å². The van der Waals surface area contributed by atoms with Gasteiger partial charge in [0.1, 0.15) is 0 Å². The molecular formula is C15H17NO3. The van der Waals surface area contributed by atoms with Crippen LogP contribution in [0.4, 0.5) is 0 Å². The van der Waals surface area contributed by atoms with E-state index in [1.54, 1.807) is 13.0 Å². The molecule has 1 N–H and O–H groups in total. The molecule has 2 rings (SSSR count). The number of hydrogen-bond donors (Lipinski definition) is 1.